The third-order valence-electron chi connectivity index (χ3n) is 5.10. The van der Waals surface area contributed by atoms with Crippen LogP contribution < -0.4 is 11.0 Å². The van der Waals surface area contributed by atoms with E-state index in [0.717, 1.165) is 11.1 Å². The number of allylic oxidation sites excluding steroid dienone is 2. The number of aromatic nitrogens is 3. The summed E-state index contributed by atoms with van der Waals surface area (Å²) >= 11 is 0. The van der Waals surface area contributed by atoms with Gasteiger partial charge >= 0.3 is 0 Å². The fraction of sp³-hybridized carbons (Fsp3) is 0.143. The third kappa shape index (κ3) is 2.81. The van der Waals surface area contributed by atoms with Crippen molar-refractivity contribution in [1.82, 2.24) is 20.0 Å². The Morgan fingerprint density at radius 1 is 1.25 bits per heavy atom. The summed E-state index contributed by atoms with van der Waals surface area (Å²) in [5, 5.41) is 4.54. The third-order valence-corrected chi connectivity index (χ3v) is 5.10. The Labute approximate surface area is 159 Å². The van der Waals surface area contributed by atoms with Gasteiger partial charge in [0.25, 0.3) is 5.56 Å². The molecule has 0 saturated carbocycles. The topological polar surface area (TPSA) is 72.2 Å². The molecule has 3 aromatic rings. The van der Waals surface area contributed by atoms with Crippen molar-refractivity contribution >= 4 is 22.7 Å². The van der Waals surface area contributed by atoms with Crippen LogP contribution in [0.2, 0.25) is 0 Å². The summed E-state index contributed by atoms with van der Waals surface area (Å²) in [5.41, 5.74) is 5.52. The first kappa shape index (κ1) is 16.6. The van der Waals surface area contributed by atoms with Gasteiger partial charge in [0.2, 0.25) is 0 Å². The molecule has 2 atom stereocenters. The molecule has 3 heterocycles. The summed E-state index contributed by atoms with van der Waals surface area (Å²) in [6.45, 7) is 0.116. The second-order valence-electron chi connectivity index (χ2n) is 6.87. The van der Waals surface area contributed by atoms with E-state index in [1.807, 2.05) is 18.4 Å². The second kappa shape index (κ2) is 6.53. The van der Waals surface area contributed by atoms with Gasteiger partial charge in [0, 0.05) is 23.9 Å². The molecule has 0 radical (unpaired) electrons. The lowest BCUT2D eigenvalue weighted by Gasteiger charge is -2.18. The molecule has 0 bridgehead atoms. The maximum absolute atomic E-state index is 14.8. The molecule has 1 aliphatic carbocycles. The fourth-order valence-electron chi connectivity index (χ4n) is 3.53. The van der Waals surface area contributed by atoms with Gasteiger partial charge in [0.05, 0.1) is 36.0 Å². The first-order valence-electron chi connectivity index (χ1n) is 8.96. The molecule has 0 spiro atoms. The van der Waals surface area contributed by atoms with Crippen molar-refractivity contribution in [3.63, 3.8) is 0 Å². The zero-order valence-electron chi connectivity index (χ0n) is 14.8. The molecule has 0 fully saturated rings. The van der Waals surface area contributed by atoms with E-state index in [4.69, 9.17) is 0 Å². The van der Waals surface area contributed by atoms with Crippen LogP contribution in [0.4, 0.5) is 4.39 Å². The largest absolute Gasteiger partial charge is 0.302 e. The van der Waals surface area contributed by atoms with Crippen molar-refractivity contribution in [2.45, 2.75) is 12.6 Å². The molecule has 138 valence electrons. The van der Waals surface area contributed by atoms with E-state index in [1.54, 1.807) is 18.3 Å². The van der Waals surface area contributed by atoms with Crippen molar-refractivity contribution in [3.8, 4) is 0 Å². The van der Waals surface area contributed by atoms with Gasteiger partial charge in [-0.2, -0.15) is 5.10 Å². The first-order valence-corrected chi connectivity index (χ1v) is 8.96. The van der Waals surface area contributed by atoms with Crippen molar-refractivity contribution in [1.29, 1.82) is 0 Å². The normalized spacial score (nSPS) is 20.1. The Kier molecular flexibility index (Phi) is 3.86. The Bertz CT molecular complexity index is 1230. The van der Waals surface area contributed by atoms with Gasteiger partial charge in [0.1, 0.15) is 5.82 Å². The molecule has 1 aliphatic heterocycles. The van der Waals surface area contributed by atoms with Crippen LogP contribution >= 0.6 is 0 Å². The SMILES string of the molecule is O=c1c2ccncc2ncn1Cc1ccc(C2=CC3NN=CC3C=C2)cc1F. The highest BCUT2D eigenvalue weighted by atomic mass is 19.1. The van der Waals surface area contributed by atoms with E-state index >= 15 is 0 Å². The minimum atomic E-state index is -0.355. The monoisotopic (exact) mass is 373 g/mol. The number of hydrazone groups is 1. The molecule has 2 unspecified atom stereocenters. The van der Waals surface area contributed by atoms with Gasteiger partial charge in [-0.25, -0.2) is 9.37 Å². The van der Waals surface area contributed by atoms with Crippen LogP contribution in [0.25, 0.3) is 16.5 Å². The summed E-state index contributed by atoms with van der Waals surface area (Å²) in [6, 6.07) is 6.82. The minimum Gasteiger partial charge on any atom is -0.302 e. The van der Waals surface area contributed by atoms with E-state index in [2.05, 4.69) is 32.6 Å². The second-order valence-corrected chi connectivity index (χ2v) is 6.87. The molecule has 1 N–H and O–H groups in total. The van der Waals surface area contributed by atoms with Crippen LogP contribution in [0.3, 0.4) is 0 Å². The van der Waals surface area contributed by atoms with Gasteiger partial charge in [0.15, 0.2) is 0 Å². The van der Waals surface area contributed by atoms with Gasteiger partial charge in [-0.05, 0) is 23.3 Å². The molecule has 1 aromatic carbocycles. The first-order chi connectivity index (χ1) is 13.7. The van der Waals surface area contributed by atoms with Crippen molar-refractivity contribution in [3.05, 3.63) is 88.5 Å². The Morgan fingerprint density at radius 2 is 2.18 bits per heavy atom. The number of nitrogens with one attached hydrogen (secondary N) is 1. The lowest BCUT2D eigenvalue weighted by atomic mass is 9.90. The van der Waals surface area contributed by atoms with Crippen LogP contribution in [0, 0.1) is 11.7 Å². The molecular formula is C21H16FN5O. The summed E-state index contributed by atoms with van der Waals surface area (Å²) in [5.74, 6) is -0.110. The molecule has 5 rings (SSSR count). The lowest BCUT2D eigenvalue weighted by molar-refractivity contribution is 0.594. The van der Waals surface area contributed by atoms with Crippen molar-refractivity contribution in [2.75, 3.05) is 0 Å². The van der Waals surface area contributed by atoms with Crippen LogP contribution in [-0.2, 0) is 6.54 Å². The summed E-state index contributed by atoms with van der Waals surface area (Å²) in [4.78, 5) is 20.8. The minimum absolute atomic E-state index is 0.111. The Morgan fingerprint density at radius 3 is 3.07 bits per heavy atom. The molecule has 6 nitrogen and oxygen atoms in total. The van der Waals surface area contributed by atoms with E-state index in [-0.39, 0.29) is 29.9 Å². The van der Waals surface area contributed by atoms with Gasteiger partial charge in [-0.15, -0.1) is 0 Å². The van der Waals surface area contributed by atoms with Crippen LogP contribution in [-0.4, -0.2) is 26.8 Å². The number of hydrogen-bond donors (Lipinski definition) is 1. The number of rotatable bonds is 3. The van der Waals surface area contributed by atoms with E-state index in [9.17, 15) is 9.18 Å². The molecule has 28 heavy (non-hydrogen) atoms. The number of fused-ring (bicyclic) bond motifs is 2. The van der Waals surface area contributed by atoms with Crippen molar-refractivity contribution < 1.29 is 4.39 Å². The van der Waals surface area contributed by atoms with E-state index < -0.39 is 0 Å². The predicted octanol–water partition coefficient (Wildman–Crippen LogP) is 2.51. The predicted molar refractivity (Wildman–Crippen MR) is 105 cm³/mol. The summed E-state index contributed by atoms with van der Waals surface area (Å²) in [6.07, 6.45) is 12.5. The maximum atomic E-state index is 14.8. The van der Waals surface area contributed by atoms with E-state index in [1.165, 1.54) is 23.2 Å². The van der Waals surface area contributed by atoms with Gasteiger partial charge in [-0.3, -0.25) is 14.3 Å². The molecule has 7 heteroatoms. The molecule has 0 saturated heterocycles. The Balaban J connectivity index is 1.44. The highest BCUT2D eigenvalue weighted by Crippen LogP contribution is 2.27. The zero-order chi connectivity index (χ0) is 19.1. The van der Waals surface area contributed by atoms with Crippen LogP contribution in [0.1, 0.15) is 11.1 Å². The van der Waals surface area contributed by atoms with Crippen molar-refractivity contribution in [2.24, 2.45) is 11.0 Å². The number of hydrogen-bond acceptors (Lipinski definition) is 5. The zero-order valence-corrected chi connectivity index (χ0v) is 14.8. The van der Waals surface area contributed by atoms with Crippen LogP contribution in [0.5, 0.6) is 0 Å². The van der Waals surface area contributed by atoms with Crippen LogP contribution in [0.15, 0.2) is 71.1 Å². The maximum Gasteiger partial charge on any atom is 0.261 e. The smallest absolute Gasteiger partial charge is 0.261 e. The molecule has 2 aromatic heterocycles. The lowest BCUT2D eigenvalue weighted by Crippen LogP contribution is -2.25. The fourth-order valence-corrected chi connectivity index (χ4v) is 3.53. The van der Waals surface area contributed by atoms with E-state index in [0.29, 0.717) is 16.5 Å². The quantitative estimate of drug-likeness (QED) is 0.766. The molecule has 0 amide bonds. The standard InChI is InChI=1S/C21H16FN5O/c22-18-7-13(14-1-3-15-9-25-26-19(15)8-14)2-4-16(18)11-27-12-24-20-10-23-6-5-17(20)21(27)28/h1-10,12,15,19,26H,11H2. The van der Waals surface area contributed by atoms with Gasteiger partial charge in [-0.1, -0.05) is 30.4 Å². The Hall–Kier alpha value is -3.61. The van der Waals surface area contributed by atoms with Gasteiger partial charge < -0.3 is 5.43 Å². The summed E-state index contributed by atoms with van der Waals surface area (Å²) < 4.78 is 16.2. The number of pyridine rings is 1. The molecular weight excluding hydrogens is 357 g/mol. The number of benzene rings is 1. The average molecular weight is 373 g/mol. The summed E-state index contributed by atoms with van der Waals surface area (Å²) in [7, 11) is 0. The highest BCUT2D eigenvalue weighted by Gasteiger charge is 2.23. The molecule has 2 aliphatic rings. The number of nitrogens with zero attached hydrogens (tertiary/aromatic N) is 4. The number of halogens is 1. The average Bonchev–Trinajstić information content (AvgIpc) is 3.19. The highest BCUT2D eigenvalue weighted by molar-refractivity contribution is 5.80.